The Bertz CT molecular complexity index is 778. The zero-order chi connectivity index (χ0) is 18.8. The molecule has 0 fully saturated rings. The van der Waals surface area contributed by atoms with E-state index in [9.17, 15) is 9.18 Å². The topological polar surface area (TPSA) is 46.9 Å². The number of aryl methyl sites for hydroxylation is 1. The van der Waals surface area contributed by atoms with Gasteiger partial charge in [-0.3, -0.25) is 9.48 Å². The molecule has 0 saturated heterocycles. The number of carbonyl (C=O) groups excluding carboxylic acids is 1. The first-order valence-electron chi connectivity index (χ1n) is 8.30. The molecule has 0 unspecified atom stereocenters. The lowest BCUT2D eigenvalue weighted by atomic mass is 9.97. The van der Waals surface area contributed by atoms with Gasteiger partial charge in [0.25, 0.3) is 0 Å². The Hall–Kier alpha value is -1.88. The first-order valence-corrected chi connectivity index (χ1v) is 8.68. The minimum atomic E-state index is -0.391. The lowest BCUT2D eigenvalue weighted by molar-refractivity contribution is -0.120. The number of hydrogen-bond acceptors (Lipinski definition) is 2. The summed E-state index contributed by atoms with van der Waals surface area (Å²) in [5.74, 6) is -0.500. The van der Waals surface area contributed by atoms with Crippen molar-refractivity contribution in [3.8, 4) is 0 Å². The van der Waals surface area contributed by atoms with Gasteiger partial charge in [0.1, 0.15) is 5.82 Å². The monoisotopic (exact) mass is 365 g/mol. The van der Waals surface area contributed by atoms with Gasteiger partial charge in [0.2, 0.25) is 5.91 Å². The molecule has 0 aliphatic heterocycles. The highest BCUT2D eigenvalue weighted by Crippen LogP contribution is 2.21. The number of halogens is 2. The van der Waals surface area contributed by atoms with Gasteiger partial charge < -0.3 is 5.32 Å². The minimum absolute atomic E-state index is 0.109. The summed E-state index contributed by atoms with van der Waals surface area (Å²) in [6, 6.07) is 4.15. The molecule has 1 heterocycles. The summed E-state index contributed by atoms with van der Waals surface area (Å²) in [5, 5.41) is 7.71. The van der Waals surface area contributed by atoms with Crippen molar-refractivity contribution in [2.75, 3.05) is 0 Å². The molecule has 0 aliphatic carbocycles. The van der Waals surface area contributed by atoms with Crippen LogP contribution < -0.4 is 5.32 Å². The Kier molecular flexibility index (Phi) is 5.88. The molecule has 0 bridgehead atoms. The number of benzene rings is 1. The summed E-state index contributed by atoms with van der Waals surface area (Å²) < 4.78 is 15.0. The molecule has 0 aliphatic rings. The molecule has 4 nitrogen and oxygen atoms in total. The van der Waals surface area contributed by atoms with Crippen LogP contribution in [0.4, 0.5) is 4.39 Å². The summed E-state index contributed by atoms with van der Waals surface area (Å²) in [4.78, 5) is 12.3. The molecule has 2 rings (SSSR count). The maximum Gasteiger partial charge on any atom is 0.224 e. The Morgan fingerprint density at radius 3 is 2.60 bits per heavy atom. The van der Waals surface area contributed by atoms with E-state index >= 15 is 0 Å². The predicted octanol–water partition coefficient (Wildman–Crippen LogP) is 4.20. The molecule has 2 aromatic rings. The molecule has 0 radical (unpaired) electrons. The van der Waals surface area contributed by atoms with Crippen LogP contribution in [-0.4, -0.2) is 15.7 Å². The number of nitrogens with zero attached hydrogens (tertiary/aromatic N) is 2. The molecule has 1 aromatic heterocycles. The van der Waals surface area contributed by atoms with E-state index in [0.29, 0.717) is 10.6 Å². The molecule has 1 N–H and O–H groups in total. The maximum absolute atomic E-state index is 13.1. The molecular formula is C19H25ClFN3O. The van der Waals surface area contributed by atoms with Crippen LogP contribution in [0.2, 0.25) is 5.02 Å². The van der Waals surface area contributed by atoms with E-state index in [-0.39, 0.29) is 24.3 Å². The summed E-state index contributed by atoms with van der Waals surface area (Å²) in [5.41, 5.74) is 3.64. The van der Waals surface area contributed by atoms with Crippen molar-refractivity contribution in [2.45, 2.75) is 54.1 Å². The molecule has 0 saturated carbocycles. The molecule has 1 aromatic carbocycles. The van der Waals surface area contributed by atoms with Crippen molar-refractivity contribution in [1.82, 2.24) is 15.1 Å². The van der Waals surface area contributed by atoms with E-state index in [1.165, 1.54) is 12.1 Å². The van der Waals surface area contributed by atoms with Crippen molar-refractivity contribution in [2.24, 2.45) is 5.41 Å². The normalized spacial score (nSPS) is 11.6. The minimum Gasteiger partial charge on any atom is -0.352 e. The van der Waals surface area contributed by atoms with Crippen LogP contribution in [0.3, 0.4) is 0 Å². The first-order chi connectivity index (χ1) is 11.6. The van der Waals surface area contributed by atoms with Crippen LogP contribution in [0.25, 0.3) is 0 Å². The maximum atomic E-state index is 13.1. The third-order valence-electron chi connectivity index (χ3n) is 3.98. The van der Waals surface area contributed by atoms with Crippen molar-refractivity contribution in [3.05, 3.63) is 51.6 Å². The van der Waals surface area contributed by atoms with Gasteiger partial charge in [-0.2, -0.15) is 5.10 Å². The first kappa shape index (κ1) is 19.4. The van der Waals surface area contributed by atoms with Gasteiger partial charge in [0, 0.05) is 29.4 Å². The summed E-state index contributed by atoms with van der Waals surface area (Å²) >= 11 is 5.98. The summed E-state index contributed by atoms with van der Waals surface area (Å²) in [7, 11) is 0. The molecule has 0 spiro atoms. The zero-order valence-corrected chi connectivity index (χ0v) is 16.2. The van der Waals surface area contributed by atoms with Crippen molar-refractivity contribution in [3.63, 3.8) is 0 Å². The SMILES string of the molecule is Cc1nn(CC(C)(C)C)c(C)c1CC(=O)NCc1ccc(F)cc1Cl. The lowest BCUT2D eigenvalue weighted by Crippen LogP contribution is -2.25. The van der Waals surface area contributed by atoms with Crippen LogP contribution in [0.1, 0.15) is 43.3 Å². The quantitative estimate of drug-likeness (QED) is 0.863. The molecule has 25 heavy (non-hydrogen) atoms. The molecular weight excluding hydrogens is 341 g/mol. The number of nitrogens with one attached hydrogen (secondary N) is 1. The van der Waals surface area contributed by atoms with Gasteiger partial charge in [-0.25, -0.2) is 4.39 Å². The fourth-order valence-corrected chi connectivity index (χ4v) is 2.91. The van der Waals surface area contributed by atoms with Gasteiger partial charge in [-0.15, -0.1) is 0 Å². The fraction of sp³-hybridized carbons (Fsp3) is 0.474. The molecule has 0 atom stereocenters. The average Bonchev–Trinajstić information content (AvgIpc) is 2.72. The van der Waals surface area contributed by atoms with Gasteiger partial charge in [0.05, 0.1) is 12.1 Å². The van der Waals surface area contributed by atoms with Crippen LogP contribution in [0.5, 0.6) is 0 Å². The highest BCUT2D eigenvalue weighted by atomic mass is 35.5. The Balaban J connectivity index is 2.03. The van der Waals surface area contributed by atoms with E-state index in [0.717, 1.165) is 23.5 Å². The highest BCUT2D eigenvalue weighted by Gasteiger charge is 2.19. The Morgan fingerprint density at radius 2 is 2.00 bits per heavy atom. The van der Waals surface area contributed by atoms with E-state index in [4.69, 9.17) is 11.6 Å². The molecule has 1 amide bonds. The molecule has 136 valence electrons. The second-order valence-electron chi connectivity index (χ2n) is 7.56. The van der Waals surface area contributed by atoms with Gasteiger partial charge in [-0.05, 0) is 37.0 Å². The van der Waals surface area contributed by atoms with Gasteiger partial charge in [-0.1, -0.05) is 38.4 Å². The summed E-state index contributed by atoms with van der Waals surface area (Å²) in [6.07, 6.45) is 0.265. The number of amides is 1. The zero-order valence-electron chi connectivity index (χ0n) is 15.4. The highest BCUT2D eigenvalue weighted by molar-refractivity contribution is 6.31. The third kappa shape index (κ3) is 5.30. The average molecular weight is 366 g/mol. The largest absolute Gasteiger partial charge is 0.352 e. The van der Waals surface area contributed by atoms with Crippen molar-refractivity contribution < 1.29 is 9.18 Å². The van der Waals surface area contributed by atoms with Crippen molar-refractivity contribution >= 4 is 17.5 Å². The Morgan fingerprint density at radius 1 is 1.32 bits per heavy atom. The fourth-order valence-electron chi connectivity index (χ4n) is 2.68. The number of rotatable bonds is 5. The van der Waals surface area contributed by atoms with Crippen LogP contribution >= 0.6 is 11.6 Å². The molecule has 6 heteroatoms. The third-order valence-corrected chi connectivity index (χ3v) is 4.34. The van der Waals surface area contributed by atoms with Gasteiger partial charge in [0.15, 0.2) is 0 Å². The van der Waals surface area contributed by atoms with Crippen LogP contribution in [-0.2, 0) is 24.3 Å². The van der Waals surface area contributed by atoms with E-state index in [2.05, 4.69) is 31.2 Å². The lowest BCUT2D eigenvalue weighted by Gasteiger charge is -2.19. The number of aromatic nitrogens is 2. The number of carbonyl (C=O) groups is 1. The summed E-state index contributed by atoms with van der Waals surface area (Å²) in [6.45, 7) is 11.4. The smallest absolute Gasteiger partial charge is 0.224 e. The van der Waals surface area contributed by atoms with E-state index < -0.39 is 5.82 Å². The Labute approximate surface area is 153 Å². The second kappa shape index (κ2) is 7.56. The van der Waals surface area contributed by atoms with Gasteiger partial charge >= 0.3 is 0 Å². The van der Waals surface area contributed by atoms with Crippen molar-refractivity contribution in [1.29, 1.82) is 0 Å². The van der Waals surface area contributed by atoms with Crippen LogP contribution in [0.15, 0.2) is 18.2 Å². The van der Waals surface area contributed by atoms with Crippen LogP contribution in [0, 0.1) is 25.1 Å². The predicted molar refractivity (Wildman–Crippen MR) is 98.1 cm³/mol. The standard InChI is InChI=1S/C19H25ClFN3O/c1-12-16(13(2)24(23-12)11-19(3,4)5)9-18(25)22-10-14-6-7-15(21)8-17(14)20/h6-8H,9-11H2,1-5H3,(H,22,25). The number of hydrogen-bond donors (Lipinski definition) is 1. The second-order valence-corrected chi connectivity index (χ2v) is 7.96. The van der Waals surface area contributed by atoms with E-state index in [1.54, 1.807) is 6.07 Å². The van der Waals surface area contributed by atoms with E-state index in [1.807, 2.05) is 18.5 Å².